The Hall–Kier alpha value is -2.27. The molecule has 0 saturated carbocycles. The minimum atomic E-state index is -4.31. The van der Waals surface area contributed by atoms with Gasteiger partial charge in [-0.15, -0.1) is 0 Å². The van der Waals surface area contributed by atoms with Crippen LogP contribution in [0.3, 0.4) is 0 Å². The van der Waals surface area contributed by atoms with Crippen LogP contribution in [0.15, 0.2) is 26.4 Å². The first-order valence-corrected chi connectivity index (χ1v) is 12.5. The first-order valence-electron chi connectivity index (χ1n) is 12.5. The fourth-order valence-electron chi connectivity index (χ4n) is 3.83. The number of ether oxygens (including phenoxy) is 2. The number of aliphatic imine (C=N–C) groups is 2. The topological polar surface area (TPSA) is 85.1 Å². The van der Waals surface area contributed by atoms with Crippen molar-refractivity contribution in [1.82, 2.24) is 4.90 Å². The molecule has 206 valence electrons. The van der Waals surface area contributed by atoms with E-state index in [1.165, 1.54) is 19.3 Å². The molecule has 0 spiro atoms. The van der Waals surface area contributed by atoms with Gasteiger partial charge < -0.3 is 24.0 Å². The third kappa shape index (κ3) is 14.3. The highest BCUT2D eigenvalue weighted by Crippen LogP contribution is 2.30. The van der Waals surface area contributed by atoms with Gasteiger partial charge in [0.25, 0.3) is 0 Å². The molecule has 3 aliphatic rings. The van der Waals surface area contributed by atoms with E-state index in [4.69, 9.17) is 9.47 Å². The smallest absolute Gasteiger partial charge is 0.422 e. The highest BCUT2D eigenvalue weighted by molar-refractivity contribution is 5.83. The second-order valence-electron chi connectivity index (χ2n) is 8.65. The van der Waals surface area contributed by atoms with E-state index in [9.17, 15) is 18.0 Å². The van der Waals surface area contributed by atoms with Crippen molar-refractivity contribution in [3.05, 3.63) is 11.3 Å². The average molecular weight is 519 g/mol. The Morgan fingerprint density at radius 1 is 1.28 bits per heavy atom. The second kappa shape index (κ2) is 18.0. The van der Waals surface area contributed by atoms with Gasteiger partial charge in [-0.3, -0.25) is 4.99 Å². The molecule has 36 heavy (non-hydrogen) atoms. The normalized spacial score (nSPS) is 20.9. The maximum absolute atomic E-state index is 12.2. The molecule has 0 unspecified atom stereocenters. The summed E-state index contributed by atoms with van der Waals surface area (Å²) in [6, 6.07) is 0. The lowest BCUT2D eigenvalue weighted by molar-refractivity contribution is -0.156. The Labute approximate surface area is 212 Å². The maximum Gasteiger partial charge on any atom is 0.422 e. The Morgan fingerprint density at radius 2 is 2.00 bits per heavy atom. The van der Waals surface area contributed by atoms with E-state index < -0.39 is 12.8 Å². The van der Waals surface area contributed by atoms with Crippen LogP contribution in [0, 0.1) is 0 Å². The van der Waals surface area contributed by atoms with Crippen LogP contribution in [0.1, 0.15) is 71.6 Å². The van der Waals surface area contributed by atoms with Crippen LogP contribution in [0.4, 0.5) is 13.2 Å². The summed E-state index contributed by atoms with van der Waals surface area (Å²) in [6.07, 6.45) is 5.61. The van der Waals surface area contributed by atoms with Crippen molar-refractivity contribution in [1.29, 1.82) is 0 Å². The average Bonchev–Trinajstić information content (AvgIpc) is 2.99. The predicted molar refractivity (Wildman–Crippen MR) is 136 cm³/mol. The fourth-order valence-corrected chi connectivity index (χ4v) is 3.83. The third-order valence-corrected chi connectivity index (χ3v) is 5.80. The zero-order chi connectivity index (χ0) is 26.8. The standard InChI is InChI=1S/C18H27F3N2O2.C4H8N2O.C3H6O/c19-18(20,21)13-25-17-12-14-5-8-23(10-7-16(14)22-17)9-6-15-4-2-1-3-11-24-15;1-4(5-2)7-6-3;1-2-3-4/h15H,1-13H2;3H2,1-2H3;3H,2H2,1H3/t15-;;/m1../s1. The Bertz CT molecular complexity index is 746. The lowest BCUT2D eigenvalue weighted by Gasteiger charge is -2.23. The van der Waals surface area contributed by atoms with Crippen molar-refractivity contribution in [3.63, 3.8) is 0 Å². The van der Waals surface area contributed by atoms with E-state index in [0.29, 0.717) is 24.8 Å². The van der Waals surface area contributed by atoms with Crippen LogP contribution in [-0.2, 0) is 19.1 Å². The van der Waals surface area contributed by atoms with Crippen LogP contribution in [0.2, 0.25) is 0 Å². The quantitative estimate of drug-likeness (QED) is 0.205. The molecule has 0 bridgehead atoms. The summed E-state index contributed by atoms with van der Waals surface area (Å²) in [5.41, 5.74) is 2.08. The van der Waals surface area contributed by atoms with Crippen molar-refractivity contribution in [2.45, 2.75) is 83.9 Å². The molecule has 3 heterocycles. The third-order valence-electron chi connectivity index (χ3n) is 5.80. The number of oxime groups is 1. The summed E-state index contributed by atoms with van der Waals surface area (Å²) < 4.78 is 47.5. The van der Waals surface area contributed by atoms with E-state index in [1.54, 1.807) is 14.0 Å². The summed E-state index contributed by atoms with van der Waals surface area (Å²) >= 11 is 0. The second-order valence-corrected chi connectivity index (χ2v) is 8.65. The van der Waals surface area contributed by atoms with E-state index >= 15 is 0 Å². The zero-order valence-electron chi connectivity index (χ0n) is 21.8. The number of carbonyl (C=O) groups is 1. The van der Waals surface area contributed by atoms with Crippen molar-refractivity contribution < 1.29 is 32.3 Å². The zero-order valence-corrected chi connectivity index (χ0v) is 21.8. The van der Waals surface area contributed by atoms with Crippen LogP contribution in [0.25, 0.3) is 0 Å². The molecule has 1 fully saturated rings. The highest BCUT2D eigenvalue weighted by atomic mass is 19.4. The van der Waals surface area contributed by atoms with Gasteiger partial charge in [-0.05, 0) is 31.3 Å². The van der Waals surface area contributed by atoms with Gasteiger partial charge in [-0.2, -0.15) is 13.2 Å². The first kappa shape index (κ1) is 31.8. The molecular weight excluding hydrogens is 477 g/mol. The highest BCUT2D eigenvalue weighted by Gasteiger charge is 2.31. The lowest BCUT2D eigenvalue weighted by atomic mass is 10.1. The van der Waals surface area contributed by atoms with Gasteiger partial charge >= 0.3 is 6.18 Å². The van der Waals surface area contributed by atoms with E-state index in [-0.39, 0.29) is 5.90 Å². The molecule has 0 amide bonds. The number of hydrogen-bond acceptors (Lipinski definition) is 8. The Morgan fingerprint density at radius 3 is 2.61 bits per heavy atom. The predicted octanol–water partition coefficient (Wildman–Crippen LogP) is 5.33. The molecule has 11 heteroatoms. The van der Waals surface area contributed by atoms with Crippen molar-refractivity contribution in [3.8, 4) is 0 Å². The van der Waals surface area contributed by atoms with Gasteiger partial charge in [0.2, 0.25) is 5.90 Å². The van der Waals surface area contributed by atoms with Crippen LogP contribution >= 0.6 is 0 Å². The van der Waals surface area contributed by atoms with Crippen LogP contribution in [0.5, 0.6) is 0 Å². The van der Waals surface area contributed by atoms with Crippen LogP contribution < -0.4 is 0 Å². The monoisotopic (exact) mass is 518 g/mol. The molecule has 0 aromatic heterocycles. The number of alkyl halides is 3. The minimum Gasteiger partial charge on any atom is -0.471 e. The Kier molecular flexibility index (Phi) is 15.9. The number of carbonyl (C=O) groups excluding carboxylic acids is 1. The molecule has 1 saturated heterocycles. The van der Waals surface area contributed by atoms with Crippen molar-refractivity contribution in [2.75, 3.05) is 39.9 Å². The molecule has 0 radical (unpaired) electrons. The summed E-state index contributed by atoms with van der Waals surface area (Å²) in [7, 11) is 1.63. The summed E-state index contributed by atoms with van der Waals surface area (Å²) in [5.74, 6) is 0.748. The van der Waals surface area contributed by atoms with Gasteiger partial charge in [-0.1, -0.05) is 24.9 Å². The minimum absolute atomic E-state index is 0.225. The molecule has 0 N–H and O–H groups in total. The summed E-state index contributed by atoms with van der Waals surface area (Å²) in [5, 5.41) is 3.13. The molecule has 0 aromatic rings. The van der Waals surface area contributed by atoms with Gasteiger partial charge in [0.15, 0.2) is 12.5 Å². The molecule has 3 rings (SSSR count). The van der Waals surface area contributed by atoms with E-state index in [1.807, 2.05) is 6.92 Å². The summed E-state index contributed by atoms with van der Waals surface area (Å²) in [6.45, 7) is 9.11. The molecule has 3 aliphatic heterocycles. The lowest BCUT2D eigenvalue weighted by Crippen LogP contribution is -2.29. The summed E-state index contributed by atoms with van der Waals surface area (Å²) in [4.78, 5) is 24.0. The number of aldehydes is 1. The van der Waals surface area contributed by atoms with E-state index in [0.717, 1.165) is 69.5 Å². The van der Waals surface area contributed by atoms with Gasteiger partial charge in [0, 0.05) is 71.9 Å². The van der Waals surface area contributed by atoms with Gasteiger partial charge in [0.1, 0.15) is 6.29 Å². The van der Waals surface area contributed by atoms with Crippen LogP contribution in [-0.4, -0.2) is 81.9 Å². The number of halogens is 3. The Balaban J connectivity index is 0.000000496. The molecule has 1 atom stereocenters. The SMILES string of the molecule is C=NOC(C)=NC.CCC=O.FC(F)(F)COC1=NC2=C(CCN(CC[C@H]3CCCCCO3)CC2)C1. The van der Waals surface area contributed by atoms with Gasteiger partial charge in [-0.25, -0.2) is 4.99 Å². The first-order chi connectivity index (χ1) is 17.2. The molecule has 0 aliphatic carbocycles. The molecule has 8 nitrogen and oxygen atoms in total. The molecule has 0 aromatic carbocycles. The number of hydrogen-bond donors (Lipinski definition) is 0. The number of nitrogens with zero attached hydrogens (tertiary/aromatic N) is 4. The van der Waals surface area contributed by atoms with Gasteiger partial charge in [0.05, 0.1) is 6.10 Å². The number of rotatable bonds is 6. The van der Waals surface area contributed by atoms with E-state index in [2.05, 4.69) is 31.6 Å². The van der Waals surface area contributed by atoms with Crippen molar-refractivity contribution in [2.24, 2.45) is 15.1 Å². The maximum atomic E-state index is 12.2. The molecular formula is C25H41F3N4O4. The largest absolute Gasteiger partial charge is 0.471 e. The fraction of sp³-hybridized carbons (Fsp3) is 0.760. The van der Waals surface area contributed by atoms with Crippen molar-refractivity contribution >= 4 is 24.8 Å².